The summed E-state index contributed by atoms with van der Waals surface area (Å²) in [6, 6.07) is 4.37. The first-order valence-electron chi connectivity index (χ1n) is 8.98. The molecular weight excluding hydrogens is 420 g/mol. The van der Waals surface area contributed by atoms with Gasteiger partial charge in [0.1, 0.15) is 4.90 Å². The molecule has 0 unspecified atom stereocenters. The largest absolute Gasteiger partial charge is 0.493 e. The molecule has 12 heteroatoms. The first-order chi connectivity index (χ1) is 13.7. The fourth-order valence-electron chi connectivity index (χ4n) is 3.08. The third-order valence-corrected chi connectivity index (χ3v) is 8.51. The molecule has 0 atom stereocenters. The van der Waals surface area contributed by atoms with E-state index in [9.17, 15) is 16.8 Å². The van der Waals surface area contributed by atoms with Gasteiger partial charge in [-0.2, -0.15) is 13.7 Å². The zero-order valence-corrected chi connectivity index (χ0v) is 18.1. The van der Waals surface area contributed by atoms with Crippen molar-refractivity contribution < 1.29 is 26.3 Å². The van der Waals surface area contributed by atoms with E-state index in [1.54, 1.807) is 0 Å². The molecule has 1 aliphatic rings. The van der Waals surface area contributed by atoms with Crippen molar-refractivity contribution in [1.82, 2.24) is 18.4 Å². The lowest BCUT2D eigenvalue weighted by Gasteiger charge is -2.33. The topological polar surface area (TPSA) is 111 Å². The average Bonchev–Trinajstić information content (AvgIpc) is 3.23. The molecule has 1 fully saturated rings. The van der Waals surface area contributed by atoms with Crippen LogP contribution in [-0.2, 0) is 26.6 Å². The highest BCUT2D eigenvalue weighted by atomic mass is 32.2. The van der Waals surface area contributed by atoms with Gasteiger partial charge >= 0.3 is 0 Å². The van der Waals surface area contributed by atoms with E-state index in [4.69, 9.17) is 9.47 Å². The molecule has 29 heavy (non-hydrogen) atoms. The van der Waals surface area contributed by atoms with Gasteiger partial charge in [-0.15, -0.1) is 0 Å². The third-order valence-electron chi connectivity index (χ3n) is 4.76. The smallest absolute Gasteiger partial charge is 0.246 e. The van der Waals surface area contributed by atoms with Crippen molar-refractivity contribution in [3.05, 3.63) is 30.6 Å². The number of hydrogen-bond donors (Lipinski definition) is 0. The first-order valence-corrected chi connectivity index (χ1v) is 11.9. The molecule has 0 spiro atoms. The van der Waals surface area contributed by atoms with Crippen molar-refractivity contribution in [2.75, 3.05) is 40.4 Å². The van der Waals surface area contributed by atoms with E-state index >= 15 is 0 Å². The second-order valence-corrected chi connectivity index (χ2v) is 10.2. The van der Waals surface area contributed by atoms with E-state index in [1.165, 1.54) is 58.1 Å². The Balaban J connectivity index is 1.76. The van der Waals surface area contributed by atoms with Crippen LogP contribution in [0.2, 0.25) is 0 Å². The van der Waals surface area contributed by atoms with Crippen molar-refractivity contribution in [3.63, 3.8) is 0 Å². The van der Waals surface area contributed by atoms with Gasteiger partial charge in [-0.3, -0.25) is 4.68 Å². The lowest BCUT2D eigenvalue weighted by atomic mass is 10.3. The Labute approximate surface area is 170 Å². The fraction of sp³-hybridized carbons (Fsp3) is 0.471. The van der Waals surface area contributed by atoms with Crippen LogP contribution < -0.4 is 9.47 Å². The highest BCUT2D eigenvalue weighted by Crippen LogP contribution is 2.31. The van der Waals surface area contributed by atoms with Gasteiger partial charge in [0.15, 0.2) is 11.5 Å². The minimum atomic E-state index is -3.79. The van der Waals surface area contributed by atoms with Gasteiger partial charge in [-0.05, 0) is 19.1 Å². The predicted molar refractivity (Wildman–Crippen MR) is 105 cm³/mol. The Morgan fingerprint density at radius 1 is 0.897 bits per heavy atom. The highest BCUT2D eigenvalue weighted by molar-refractivity contribution is 7.89. The molecule has 1 aromatic heterocycles. The highest BCUT2D eigenvalue weighted by Gasteiger charge is 2.34. The molecule has 1 aliphatic heterocycles. The number of aryl methyl sites for hydroxylation is 1. The van der Waals surface area contributed by atoms with Crippen LogP contribution in [0.15, 0.2) is 40.4 Å². The molecule has 0 radical (unpaired) electrons. The predicted octanol–water partition coefficient (Wildman–Crippen LogP) is 0.615. The molecule has 0 saturated carbocycles. The van der Waals surface area contributed by atoms with E-state index < -0.39 is 20.0 Å². The number of aromatic nitrogens is 2. The van der Waals surface area contributed by atoms with Gasteiger partial charge in [-0.1, -0.05) is 0 Å². The lowest BCUT2D eigenvalue weighted by molar-refractivity contribution is 0.272. The minimum absolute atomic E-state index is 0.0534. The van der Waals surface area contributed by atoms with Gasteiger partial charge < -0.3 is 9.47 Å². The number of rotatable bonds is 7. The van der Waals surface area contributed by atoms with Crippen molar-refractivity contribution in [2.45, 2.75) is 23.3 Å². The second kappa shape index (κ2) is 8.30. The Morgan fingerprint density at radius 3 is 1.93 bits per heavy atom. The summed E-state index contributed by atoms with van der Waals surface area (Å²) in [7, 11) is -4.61. The summed E-state index contributed by atoms with van der Waals surface area (Å²) in [5.41, 5.74) is 0. The number of nitrogens with zero attached hydrogens (tertiary/aromatic N) is 4. The zero-order valence-electron chi connectivity index (χ0n) is 16.5. The van der Waals surface area contributed by atoms with Crippen LogP contribution in [0, 0.1) is 0 Å². The van der Waals surface area contributed by atoms with Gasteiger partial charge in [0.2, 0.25) is 20.0 Å². The Morgan fingerprint density at radius 2 is 1.45 bits per heavy atom. The molecule has 3 rings (SSSR count). The molecule has 2 aromatic rings. The van der Waals surface area contributed by atoms with Crippen molar-refractivity contribution in [2.24, 2.45) is 0 Å². The molecular formula is C17H24N4O6S2. The van der Waals surface area contributed by atoms with Crippen LogP contribution in [0.5, 0.6) is 11.5 Å². The Hall–Kier alpha value is -2.15. The number of hydrogen-bond acceptors (Lipinski definition) is 7. The van der Waals surface area contributed by atoms with Crippen molar-refractivity contribution in [3.8, 4) is 11.5 Å². The Bertz CT molecular complexity index is 1070. The maximum absolute atomic E-state index is 13.0. The SMILES string of the molecule is CCn1cc(S(=O)(=O)N2CCN(S(=O)(=O)c3ccc(OC)c(OC)c3)CC2)cn1. The van der Waals surface area contributed by atoms with Crippen molar-refractivity contribution in [1.29, 1.82) is 0 Å². The molecule has 0 amide bonds. The van der Waals surface area contributed by atoms with E-state index in [0.29, 0.717) is 18.0 Å². The van der Waals surface area contributed by atoms with Crippen molar-refractivity contribution >= 4 is 20.0 Å². The molecule has 0 bridgehead atoms. The summed E-state index contributed by atoms with van der Waals surface area (Å²) < 4.78 is 65.9. The van der Waals surface area contributed by atoms with E-state index in [-0.39, 0.29) is 36.0 Å². The van der Waals surface area contributed by atoms with Gasteiger partial charge in [0.05, 0.1) is 25.3 Å². The first kappa shape index (κ1) is 21.6. The monoisotopic (exact) mass is 444 g/mol. The molecule has 0 aliphatic carbocycles. The second-order valence-electron chi connectivity index (χ2n) is 6.36. The summed E-state index contributed by atoms with van der Waals surface area (Å²) in [6.07, 6.45) is 2.79. The minimum Gasteiger partial charge on any atom is -0.493 e. The van der Waals surface area contributed by atoms with Gasteiger partial charge in [-0.25, -0.2) is 16.8 Å². The summed E-state index contributed by atoms with van der Waals surface area (Å²) in [5.74, 6) is 0.734. The van der Waals surface area contributed by atoms with Crippen LogP contribution in [0.25, 0.3) is 0 Å². The van der Waals surface area contributed by atoms with E-state index in [1.807, 2.05) is 6.92 Å². The van der Waals surface area contributed by atoms with E-state index in [2.05, 4.69) is 5.10 Å². The summed E-state index contributed by atoms with van der Waals surface area (Å²) in [4.78, 5) is 0.172. The lowest BCUT2D eigenvalue weighted by Crippen LogP contribution is -2.50. The molecule has 1 aromatic carbocycles. The normalized spacial score (nSPS) is 16.7. The van der Waals surface area contributed by atoms with Crippen LogP contribution in [0.3, 0.4) is 0 Å². The Kier molecular flexibility index (Phi) is 6.17. The zero-order chi connectivity index (χ0) is 21.2. The number of benzene rings is 1. The molecule has 10 nitrogen and oxygen atoms in total. The molecule has 1 saturated heterocycles. The maximum Gasteiger partial charge on any atom is 0.246 e. The van der Waals surface area contributed by atoms with Crippen LogP contribution in [0.1, 0.15) is 6.92 Å². The standard InChI is InChI=1S/C17H24N4O6S2/c1-4-19-13-15(12-18-19)29(24,25)21-9-7-20(8-10-21)28(22,23)14-5-6-16(26-2)17(11-14)27-3/h5-6,11-13H,4,7-10H2,1-3H3. The number of ether oxygens (including phenoxy) is 2. The number of methoxy groups -OCH3 is 2. The van der Waals surface area contributed by atoms with E-state index in [0.717, 1.165) is 0 Å². The maximum atomic E-state index is 13.0. The number of sulfonamides is 2. The molecule has 160 valence electrons. The third kappa shape index (κ3) is 4.10. The average molecular weight is 445 g/mol. The molecule has 2 heterocycles. The summed E-state index contributed by atoms with van der Waals surface area (Å²) in [5, 5.41) is 4.00. The van der Waals surface area contributed by atoms with Crippen LogP contribution in [-0.4, -0.2) is 75.6 Å². The van der Waals surface area contributed by atoms with Gasteiger partial charge in [0, 0.05) is 45.0 Å². The molecule has 0 N–H and O–H groups in total. The van der Waals surface area contributed by atoms with Gasteiger partial charge in [0.25, 0.3) is 0 Å². The summed E-state index contributed by atoms with van der Waals surface area (Å²) >= 11 is 0. The van der Waals surface area contributed by atoms with Crippen LogP contribution >= 0.6 is 0 Å². The summed E-state index contributed by atoms with van der Waals surface area (Å²) in [6.45, 7) is 2.65. The number of piperazine rings is 1. The van der Waals surface area contributed by atoms with Crippen LogP contribution in [0.4, 0.5) is 0 Å². The fourth-order valence-corrected chi connectivity index (χ4v) is 5.89. The quantitative estimate of drug-likeness (QED) is 0.615.